The van der Waals surface area contributed by atoms with Gasteiger partial charge in [0.1, 0.15) is 5.75 Å². The summed E-state index contributed by atoms with van der Waals surface area (Å²) in [6, 6.07) is 5.68. The van der Waals surface area contributed by atoms with Crippen LogP contribution in [0.25, 0.3) is 0 Å². The highest BCUT2D eigenvalue weighted by atomic mass is 35.5. The predicted octanol–water partition coefficient (Wildman–Crippen LogP) is 2.84. The van der Waals surface area contributed by atoms with E-state index in [1.54, 1.807) is 6.07 Å². The molecule has 0 amide bonds. The van der Waals surface area contributed by atoms with Crippen molar-refractivity contribution in [3.63, 3.8) is 0 Å². The fourth-order valence-electron chi connectivity index (χ4n) is 1.34. The number of benzene rings is 1. The Kier molecular flexibility index (Phi) is 3.76. The van der Waals surface area contributed by atoms with E-state index < -0.39 is 4.92 Å². The SMILES string of the molecule is COc1ccc(Oc2ccnc(Cl)n2)c([N+](=O)[O-])c1. The molecular weight excluding hydrogens is 274 g/mol. The summed E-state index contributed by atoms with van der Waals surface area (Å²) in [5.74, 6) is 0.522. The fourth-order valence-corrected chi connectivity index (χ4v) is 1.48. The summed E-state index contributed by atoms with van der Waals surface area (Å²) in [7, 11) is 1.42. The number of hydrogen-bond donors (Lipinski definition) is 0. The van der Waals surface area contributed by atoms with Crippen LogP contribution >= 0.6 is 11.6 Å². The maximum atomic E-state index is 11.0. The molecule has 0 saturated carbocycles. The van der Waals surface area contributed by atoms with Gasteiger partial charge in [0.15, 0.2) is 0 Å². The molecule has 8 heteroatoms. The Bertz CT molecular complexity index is 621. The normalized spacial score (nSPS) is 10.0. The number of nitrogens with zero attached hydrogens (tertiary/aromatic N) is 3. The third kappa shape index (κ3) is 3.08. The highest BCUT2D eigenvalue weighted by Gasteiger charge is 2.17. The van der Waals surface area contributed by atoms with E-state index in [4.69, 9.17) is 21.1 Å². The maximum Gasteiger partial charge on any atom is 0.315 e. The Morgan fingerprint density at radius 2 is 2.16 bits per heavy atom. The molecule has 0 atom stereocenters. The van der Waals surface area contributed by atoms with Crippen LogP contribution in [0, 0.1) is 10.1 Å². The van der Waals surface area contributed by atoms with Gasteiger partial charge in [-0.05, 0) is 23.7 Å². The van der Waals surface area contributed by atoms with Crippen molar-refractivity contribution in [3.8, 4) is 17.4 Å². The van der Waals surface area contributed by atoms with Crippen molar-refractivity contribution in [1.29, 1.82) is 0 Å². The molecule has 19 heavy (non-hydrogen) atoms. The second kappa shape index (κ2) is 5.49. The highest BCUT2D eigenvalue weighted by molar-refractivity contribution is 6.28. The van der Waals surface area contributed by atoms with E-state index >= 15 is 0 Å². The van der Waals surface area contributed by atoms with Crippen molar-refractivity contribution in [2.24, 2.45) is 0 Å². The highest BCUT2D eigenvalue weighted by Crippen LogP contribution is 2.33. The van der Waals surface area contributed by atoms with Gasteiger partial charge in [0.25, 0.3) is 0 Å². The molecule has 0 N–H and O–H groups in total. The Hall–Kier alpha value is -2.41. The van der Waals surface area contributed by atoms with Crippen LogP contribution in [0.4, 0.5) is 5.69 Å². The summed E-state index contributed by atoms with van der Waals surface area (Å²) in [5, 5.41) is 11.0. The largest absolute Gasteiger partial charge is 0.496 e. The first-order chi connectivity index (χ1) is 9.10. The molecule has 0 aliphatic rings. The van der Waals surface area contributed by atoms with Gasteiger partial charge in [0.05, 0.1) is 18.1 Å². The monoisotopic (exact) mass is 281 g/mol. The summed E-state index contributed by atoms with van der Waals surface area (Å²) in [5.41, 5.74) is -0.228. The van der Waals surface area contributed by atoms with Crippen molar-refractivity contribution < 1.29 is 14.4 Å². The number of halogens is 1. The quantitative estimate of drug-likeness (QED) is 0.486. The van der Waals surface area contributed by atoms with Gasteiger partial charge in [-0.15, -0.1) is 0 Å². The van der Waals surface area contributed by atoms with E-state index in [9.17, 15) is 10.1 Å². The van der Waals surface area contributed by atoms with Crippen LogP contribution in [0.15, 0.2) is 30.5 Å². The zero-order valence-corrected chi connectivity index (χ0v) is 10.5. The molecule has 1 aromatic carbocycles. The summed E-state index contributed by atoms with van der Waals surface area (Å²) in [4.78, 5) is 17.9. The van der Waals surface area contributed by atoms with Gasteiger partial charge in [-0.1, -0.05) is 0 Å². The van der Waals surface area contributed by atoms with E-state index in [0.29, 0.717) is 5.75 Å². The molecule has 0 radical (unpaired) electrons. The molecule has 0 bridgehead atoms. The van der Waals surface area contributed by atoms with Gasteiger partial charge >= 0.3 is 5.69 Å². The molecule has 0 unspecified atom stereocenters. The minimum Gasteiger partial charge on any atom is -0.496 e. The number of nitro groups is 1. The standard InChI is InChI=1S/C11H8ClN3O4/c1-18-7-2-3-9(8(6-7)15(16)17)19-10-4-5-13-11(12)14-10/h2-6H,1H3. The van der Waals surface area contributed by atoms with E-state index in [1.165, 1.54) is 31.5 Å². The molecule has 2 aromatic rings. The second-order valence-electron chi connectivity index (χ2n) is 3.36. The Morgan fingerprint density at radius 3 is 2.79 bits per heavy atom. The molecule has 2 rings (SSSR count). The van der Waals surface area contributed by atoms with Crippen molar-refractivity contribution >= 4 is 17.3 Å². The summed E-state index contributed by atoms with van der Waals surface area (Å²) in [6.45, 7) is 0. The van der Waals surface area contributed by atoms with Crippen LogP contribution in [0.5, 0.6) is 17.4 Å². The van der Waals surface area contributed by atoms with Gasteiger partial charge in [0, 0.05) is 12.3 Å². The van der Waals surface area contributed by atoms with Crippen molar-refractivity contribution in [1.82, 2.24) is 9.97 Å². The van der Waals surface area contributed by atoms with Crippen molar-refractivity contribution in [2.75, 3.05) is 7.11 Å². The third-order valence-electron chi connectivity index (χ3n) is 2.18. The van der Waals surface area contributed by atoms with Gasteiger partial charge in [-0.2, -0.15) is 4.98 Å². The zero-order chi connectivity index (χ0) is 13.8. The lowest BCUT2D eigenvalue weighted by molar-refractivity contribution is -0.385. The average molecular weight is 282 g/mol. The zero-order valence-electron chi connectivity index (χ0n) is 9.74. The molecule has 7 nitrogen and oxygen atoms in total. The summed E-state index contributed by atoms with van der Waals surface area (Å²) in [6.07, 6.45) is 1.39. The molecule has 0 fully saturated rings. The first-order valence-electron chi connectivity index (χ1n) is 5.09. The molecule has 0 spiro atoms. The van der Waals surface area contributed by atoms with E-state index in [2.05, 4.69) is 9.97 Å². The molecule has 0 aliphatic heterocycles. The summed E-state index contributed by atoms with van der Waals surface area (Å²) >= 11 is 5.60. The first kappa shape index (κ1) is 13.0. The van der Waals surface area contributed by atoms with Gasteiger partial charge in [0.2, 0.25) is 16.9 Å². The molecule has 0 aliphatic carbocycles. The average Bonchev–Trinajstić information content (AvgIpc) is 2.39. The van der Waals surface area contributed by atoms with E-state index in [0.717, 1.165) is 0 Å². The Morgan fingerprint density at radius 1 is 1.37 bits per heavy atom. The molecule has 1 heterocycles. The maximum absolute atomic E-state index is 11.0. The lowest BCUT2D eigenvalue weighted by atomic mass is 10.3. The van der Waals surface area contributed by atoms with E-state index in [1.807, 2.05) is 0 Å². The van der Waals surface area contributed by atoms with Crippen molar-refractivity contribution in [2.45, 2.75) is 0 Å². The van der Waals surface area contributed by atoms with Gasteiger partial charge in [-0.3, -0.25) is 10.1 Å². The van der Waals surface area contributed by atoms with Gasteiger partial charge < -0.3 is 9.47 Å². The van der Waals surface area contributed by atoms with Gasteiger partial charge in [-0.25, -0.2) is 4.98 Å². The minimum absolute atomic E-state index is 0.00587. The number of rotatable bonds is 4. The molecule has 98 valence electrons. The third-order valence-corrected chi connectivity index (χ3v) is 2.36. The number of nitro benzene ring substituents is 1. The summed E-state index contributed by atoms with van der Waals surface area (Å²) < 4.78 is 10.2. The molecule has 0 saturated heterocycles. The van der Waals surface area contributed by atoms with Crippen LogP contribution < -0.4 is 9.47 Å². The molecular formula is C11H8ClN3O4. The van der Waals surface area contributed by atoms with Crippen LogP contribution in [0.2, 0.25) is 5.28 Å². The lowest BCUT2D eigenvalue weighted by Crippen LogP contribution is -1.96. The number of hydrogen-bond acceptors (Lipinski definition) is 6. The van der Waals surface area contributed by atoms with Crippen LogP contribution in [0.3, 0.4) is 0 Å². The predicted molar refractivity (Wildman–Crippen MR) is 66.8 cm³/mol. The second-order valence-corrected chi connectivity index (χ2v) is 3.69. The number of ether oxygens (including phenoxy) is 2. The van der Waals surface area contributed by atoms with Crippen LogP contribution in [-0.2, 0) is 0 Å². The van der Waals surface area contributed by atoms with Crippen molar-refractivity contribution in [3.05, 3.63) is 45.9 Å². The minimum atomic E-state index is -0.569. The van der Waals surface area contributed by atoms with Crippen LogP contribution in [0.1, 0.15) is 0 Å². The Labute approximate surface area is 112 Å². The Balaban J connectivity index is 2.36. The smallest absolute Gasteiger partial charge is 0.315 e. The number of aromatic nitrogens is 2. The topological polar surface area (TPSA) is 87.4 Å². The fraction of sp³-hybridized carbons (Fsp3) is 0.0909. The van der Waals surface area contributed by atoms with Crippen LogP contribution in [-0.4, -0.2) is 22.0 Å². The first-order valence-corrected chi connectivity index (χ1v) is 5.47. The van der Waals surface area contributed by atoms with E-state index in [-0.39, 0.29) is 22.6 Å². The lowest BCUT2D eigenvalue weighted by Gasteiger charge is -2.06. The number of methoxy groups -OCH3 is 1. The molecule has 1 aromatic heterocycles.